The molecule has 2 N–H and O–H groups in total. The highest BCUT2D eigenvalue weighted by molar-refractivity contribution is 7.18. The Labute approximate surface area is 216 Å². The normalized spacial score (nSPS) is 10.8. The Morgan fingerprint density at radius 3 is 2.33 bits per heavy atom. The predicted octanol–water partition coefficient (Wildman–Crippen LogP) is 6.60. The van der Waals surface area contributed by atoms with Crippen LogP contribution in [-0.2, 0) is 24.1 Å². The van der Waals surface area contributed by atoms with Crippen LogP contribution < -0.4 is 10.2 Å². The first-order valence-electron chi connectivity index (χ1n) is 11.8. The molecule has 2 heterocycles. The fourth-order valence-corrected chi connectivity index (χ4v) is 4.90. The van der Waals surface area contributed by atoms with Crippen molar-refractivity contribution in [2.24, 2.45) is 0 Å². The van der Waals surface area contributed by atoms with Crippen molar-refractivity contribution in [1.82, 2.24) is 9.97 Å². The second-order valence-electron chi connectivity index (χ2n) is 8.67. The minimum atomic E-state index is -0.846. The van der Waals surface area contributed by atoms with Crippen LogP contribution in [0.25, 0.3) is 21.1 Å². The van der Waals surface area contributed by atoms with Crippen LogP contribution in [0.15, 0.2) is 73.3 Å². The van der Waals surface area contributed by atoms with E-state index in [4.69, 9.17) is 15.1 Å². The number of aromatic nitrogens is 2. The third kappa shape index (κ3) is 5.80. The molecule has 0 amide bonds. The topological polar surface area (TPSA) is 78.4 Å². The van der Waals surface area contributed by atoms with E-state index in [0.29, 0.717) is 12.2 Å². The molecule has 0 unspecified atom stereocenters. The van der Waals surface area contributed by atoms with Gasteiger partial charge in [0.1, 0.15) is 5.82 Å². The third-order valence-corrected chi connectivity index (χ3v) is 6.97. The monoisotopic (exact) mass is 498 g/mol. The zero-order valence-corrected chi connectivity index (χ0v) is 21.6. The number of aliphatic carboxylic acids is 1. The van der Waals surface area contributed by atoms with Gasteiger partial charge >= 0.3 is 5.97 Å². The maximum atomic E-state index is 11.0. The van der Waals surface area contributed by atoms with Gasteiger partial charge < -0.3 is 15.3 Å². The smallest absolute Gasteiger partial charge is 0.307 e. The number of carboxylic acid groups (broad SMARTS) is 1. The van der Waals surface area contributed by atoms with Crippen LogP contribution in [0.4, 0.5) is 17.2 Å². The molecule has 0 fully saturated rings. The molecule has 36 heavy (non-hydrogen) atoms. The van der Waals surface area contributed by atoms with Crippen molar-refractivity contribution in [3.63, 3.8) is 0 Å². The lowest BCUT2D eigenvalue weighted by Gasteiger charge is -2.15. The van der Waals surface area contributed by atoms with Gasteiger partial charge in [0.2, 0.25) is 0 Å². The van der Waals surface area contributed by atoms with Gasteiger partial charge in [0.05, 0.1) is 11.3 Å². The van der Waals surface area contributed by atoms with Crippen LogP contribution in [0.5, 0.6) is 0 Å². The molecule has 4 rings (SSSR count). The summed E-state index contributed by atoms with van der Waals surface area (Å²) in [5.41, 5.74) is 5.92. The van der Waals surface area contributed by atoms with Gasteiger partial charge in [-0.2, -0.15) is 0 Å². The molecule has 0 saturated carbocycles. The van der Waals surface area contributed by atoms with Crippen molar-refractivity contribution in [2.75, 3.05) is 24.3 Å². The van der Waals surface area contributed by atoms with Crippen molar-refractivity contribution < 1.29 is 9.90 Å². The number of nitrogens with zero attached hydrogens (tertiary/aromatic N) is 3. The van der Waals surface area contributed by atoms with E-state index in [9.17, 15) is 4.79 Å². The zero-order valence-electron chi connectivity index (χ0n) is 20.8. The lowest BCUT2D eigenvalue weighted by molar-refractivity contribution is -0.136. The SMILES string of the molecule is C=CCc1c(CC)nc(-c2ccc(-c3ccc(N(C)C)cc3)s2)nc1Nc1ccc(CC(=O)O)cc1. The van der Waals surface area contributed by atoms with E-state index in [1.165, 1.54) is 0 Å². The number of aryl methyl sites for hydroxylation is 1. The number of hydrogen-bond donors (Lipinski definition) is 2. The second-order valence-corrected chi connectivity index (χ2v) is 9.75. The Morgan fingerprint density at radius 2 is 1.72 bits per heavy atom. The summed E-state index contributed by atoms with van der Waals surface area (Å²) < 4.78 is 0. The largest absolute Gasteiger partial charge is 0.481 e. The van der Waals surface area contributed by atoms with Crippen molar-refractivity contribution in [3.05, 3.63) is 90.1 Å². The van der Waals surface area contributed by atoms with Gasteiger partial charge in [-0.15, -0.1) is 17.9 Å². The average Bonchev–Trinajstić information content (AvgIpc) is 3.36. The number of nitrogens with one attached hydrogen (secondary N) is 1. The maximum Gasteiger partial charge on any atom is 0.307 e. The molecule has 0 aliphatic carbocycles. The van der Waals surface area contributed by atoms with Crippen LogP contribution >= 0.6 is 11.3 Å². The van der Waals surface area contributed by atoms with E-state index >= 15 is 0 Å². The van der Waals surface area contributed by atoms with Crippen LogP contribution in [0.1, 0.15) is 23.7 Å². The molecule has 0 radical (unpaired) electrons. The van der Waals surface area contributed by atoms with Gasteiger partial charge in [-0.25, -0.2) is 9.97 Å². The Kier molecular flexibility index (Phi) is 7.80. The highest BCUT2D eigenvalue weighted by Gasteiger charge is 2.16. The molecule has 2 aromatic heterocycles. The number of carbonyl (C=O) groups is 1. The molecular weight excluding hydrogens is 468 g/mol. The first kappa shape index (κ1) is 25.1. The summed E-state index contributed by atoms with van der Waals surface area (Å²) in [5, 5.41) is 12.5. The van der Waals surface area contributed by atoms with Gasteiger partial charge in [-0.1, -0.05) is 37.3 Å². The number of hydrogen-bond acceptors (Lipinski definition) is 6. The van der Waals surface area contributed by atoms with E-state index in [0.717, 1.165) is 55.8 Å². The summed E-state index contributed by atoms with van der Waals surface area (Å²) >= 11 is 1.67. The lowest BCUT2D eigenvalue weighted by Crippen LogP contribution is -2.07. The molecule has 6 nitrogen and oxygen atoms in total. The molecule has 0 aliphatic heterocycles. The van der Waals surface area contributed by atoms with Gasteiger partial charge in [-0.05, 0) is 60.4 Å². The predicted molar refractivity (Wildman–Crippen MR) is 149 cm³/mol. The van der Waals surface area contributed by atoms with Crippen LogP contribution in [0.2, 0.25) is 0 Å². The Bertz CT molecular complexity index is 1360. The van der Waals surface area contributed by atoms with E-state index in [1.807, 2.05) is 44.4 Å². The Balaban J connectivity index is 1.67. The van der Waals surface area contributed by atoms with Crippen LogP contribution in [0.3, 0.4) is 0 Å². The van der Waals surface area contributed by atoms with Crippen LogP contribution in [-0.4, -0.2) is 35.1 Å². The zero-order chi connectivity index (χ0) is 25.7. The maximum absolute atomic E-state index is 11.0. The fourth-order valence-electron chi connectivity index (χ4n) is 3.95. The summed E-state index contributed by atoms with van der Waals surface area (Å²) in [6.45, 7) is 6.01. The summed E-state index contributed by atoms with van der Waals surface area (Å²) in [6, 6.07) is 20.1. The van der Waals surface area contributed by atoms with Gasteiger partial charge in [0, 0.05) is 41.6 Å². The molecule has 0 bridgehead atoms. The number of rotatable bonds is 10. The van der Waals surface area contributed by atoms with Gasteiger partial charge in [0.15, 0.2) is 5.82 Å². The minimum absolute atomic E-state index is 0.00177. The Morgan fingerprint density at radius 1 is 1.03 bits per heavy atom. The van der Waals surface area contributed by atoms with Gasteiger partial charge in [-0.3, -0.25) is 4.79 Å². The van der Waals surface area contributed by atoms with E-state index < -0.39 is 5.97 Å². The first-order valence-corrected chi connectivity index (χ1v) is 12.7. The van der Waals surface area contributed by atoms with Crippen molar-refractivity contribution >= 4 is 34.5 Å². The fraction of sp³-hybridized carbons (Fsp3) is 0.207. The van der Waals surface area contributed by atoms with Crippen LogP contribution in [0, 0.1) is 0 Å². The first-order chi connectivity index (χ1) is 17.4. The molecule has 0 atom stereocenters. The average molecular weight is 499 g/mol. The lowest BCUT2D eigenvalue weighted by atomic mass is 10.1. The highest BCUT2D eigenvalue weighted by Crippen LogP contribution is 2.35. The number of thiophene rings is 1. The summed E-state index contributed by atoms with van der Waals surface area (Å²) in [5.74, 6) is 0.583. The van der Waals surface area contributed by atoms with Gasteiger partial charge in [0.25, 0.3) is 0 Å². The standard InChI is InChI=1S/C29H30N4O2S/c1-5-7-23-24(6-2)31-29(32-28(23)30-21-12-8-19(9-13-21)18-27(34)35)26-17-16-25(36-26)20-10-14-22(15-11-20)33(3)4/h5,8-17H,1,6-7,18H2,2-4H3,(H,34,35)(H,30,31,32). The summed E-state index contributed by atoms with van der Waals surface area (Å²) in [6.07, 6.45) is 3.28. The number of anilines is 3. The summed E-state index contributed by atoms with van der Waals surface area (Å²) in [4.78, 5) is 25.1. The second kappa shape index (κ2) is 11.2. The molecule has 7 heteroatoms. The molecule has 2 aromatic carbocycles. The van der Waals surface area contributed by atoms with Crippen molar-refractivity contribution in [2.45, 2.75) is 26.2 Å². The number of allylic oxidation sites excluding steroid dienone is 1. The van der Waals surface area contributed by atoms with E-state index in [1.54, 1.807) is 11.3 Å². The molecule has 0 spiro atoms. The van der Waals surface area contributed by atoms with E-state index in [-0.39, 0.29) is 6.42 Å². The highest BCUT2D eigenvalue weighted by atomic mass is 32.1. The number of carboxylic acids is 1. The molecule has 0 aliphatic rings. The summed E-state index contributed by atoms with van der Waals surface area (Å²) in [7, 11) is 4.07. The quantitative estimate of drug-likeness (QED) is 0.240. The van der Waals surface area contributed by atoms with Crippen molar-refractivity contribution in [1.29, 1.82) is 0 Å². The molecule has 184 valence electrons. The number of benzene rings is 2. The third-order valence-electron chi connectivity index (χ3n) is 5.84. The minimum Gasteiger partial charge on any atom is -0.481 e. The molecular formula is C29H30N4O2S. The van der Waals surface area contributed by atoms with E-state index in [2.05, 4.69) is 60.1 Å². The Hall–Kier alpha value is -3.97. The van der Waals surface area contributed by atoms with Crippen molar-refractivity contribution in [3.8, 4) is 21.1 Å². The molecule has 0 saturated heterocycles. The molecule has 4 aromatic rings.